The molecule has 0 radical (unpaired) electrons. The fraction of sp³-hybridized carbons (Fsp3) is 0.133. The highest BCUT2D eigenvalue weighted by Crippen LogP contribution is 2.25. The number of anilines is 1. The van der Waals surface area contributed by atoms with Crippen LogP contribution in [-0.2, 0) is 0 Å². The van der Waals surface area contributed by atoms with Crippen molar-refractivity contribution < 1.29 is 9.18 Å². The van der Waals surface area contributed by atoms with E-state index in [1.165, 1.54) is 12.1 Å². The summed E-state index contributed by atoms with van der Waals surface area (Å²) >= 11 is 9.22. The van der Waals surface area contributed by atoms with Crippen molar-refractivity contribution in [2.24, 2.45) is 0 Å². The molecule has 104 valence electrons. The van der Waals surface area contributed by atoms with E-state index in [-0.39, 0.29) is 11.7 Å². The van der Waals surface area contributed by atoms with Gasteiger partial charge in [0, 0.05) is 22.3 Å². The van der Waals surface area contributed by atoms with Gasteiger partial charge in [-0.15, -0.1) is 0 Å². The average molecular weight is 357 g/mol. The van der Waals surface area contributed by atoms with Gasteiger partial charge in [-0.2, -0.15) is 0 Å². The molecule has 20 heavy (non-hydrogen) atoms. The molecule has 0 atom stereocenters. The van der Waals surface area contributed by atoms with E-state index in [0.717, 1.165) is 0 Å². The van der Waals surface area contributed by atoms with Gasteiger partial charge >= 0.3 is 0 Å². The normalized spacial score (nSPS) is 10.4. The molecular formula is C15H12BrClFNO. The number of carbonyl (C=O) groups is 1. The van der Waals surface area contributed by atoms with Gasteiger partial charge in [0.15, 0.2) is 0 Å². The molecule has 0 spiro atoms. The van der Waals surface area contributed by atoms with Gasteiger partial charge in [0.25, 0.3) is 5.91 Å². The Balaban J connectivity index is 2.33. The number of amides is 1. The lowest BCUT2D eigenvalue weighted by molar-refractivity contribution is 0.0988. The van der Waals surface area contributed by atoms with Crippen molar-refractivity contribution >= 4 is 39.1 Å². The topological polar surface area (TPSA) is 20.3 Å². The Morgan fingerprint density at radius 2 is 1.90 bits per heavy atom. The fourth-order valence-corrected chi connectivity index (χ4v) is 2.35. The van der Waals surface area contributed by atoms with Crippen molar-refractivity contribution in [3.05, 3.63) is 63.3 Å². The first-order chi connectivity index (χ1) is 9.52. The molecule has 0 heterocycles. The van der Waals surface area contributed by atoms with Crippen LogP contribution in [0.1, 0.15) is 17.3 Å². The lowest BCUT2D eigenvalue weighted by atomic mass is 10.2. The molecule has 0 aliphatic rings. The molecule has 2 aromatic carbocycles. The van der Waals surface area contributed by atoms with Crippen molar-refractivity contribution in [2.75, 3.05) is 11.4 Å². The van der Waals surface area contributed by atoms with E-state index in [1.807, 2.05) is 6.92 Å². The molecule has 2 rings (SSSR count). The fourth-order valence-electron chi connectivity index (χ4n) is 1.85. The van der Waals surface area contributed by atoms with Crippen LogP contribution < -0.4 is 4.90 Å². The summed E-state index contributed by atoms with van der Waals surface area (Å²) in [6.07, 6.45) is 0. The predicted octanol–water partition coefficient (Wildman–Crippen LogP) is 4.91. The highest BCUT2D eigenvalue weighted by atomic mass is 79.9. The van der Waals surface area contributed by atoms with Crippen LogP contribution >= 0.6 is 27.5 Å². The zero-order valence-electron chi connectivity index (χ0n) is 10.7. The summed E-state index contributed by atoms with van der Waals surface area (Å²) < 4.78 is 13.6. The average Bonchev–Trinajstić information content (AvgIpc) is 2.44. The van der Waals surface area contributed by atoms with Gasteiger partial charge in [-0.05, 0) is 65.3 Å². The smallest absolute Gasteiger partial charge is 0.258 e. The minimum absolute atomic E-state index is 0.156. The second kappa shape index (κ2) is 6.37. The number of hydrogen-bond acceptors (Lipinski definition) is 1. The summed E-state index contributed by atoms with van der Waals surface area (Å²) in [5, 5.41) is 0.548. The molecule has 0 aliphatic heterocycles. The van der Waals surface area contributed by atoms with Crippen molar-refractivity contribution in [3.8, 4) is 0 Å². The van der Waals surface area contributed by atoms with E-state index in [1.54, 1.807) is 35.2 Å². The number of hydrogen-bond donors (Lipinski definition) is 0. The van der Waals surface area contributed by atoms with Gasteiger partial charge in [-0.3, -0.25) is 4.79 Å². The first-order valence-corrected chi connectivity index (χ1v) is 7.22. The third-order valence-corrected chi connectivity index (χ3v) is 4.08. The van der Waals surface area contributed by atoms with Crippen molar-refractivity contribution in [1.29, 1.82) is 0 Å². The molecule has 0 unspecified atom stereocenters. The lowest BCUT2D eigenvalue weighted by Gasteiger charge is -2.21. The van der Waals surface area contributed by atoms with Crippen LogP contribution in [0, 0.1) is 5.82 Å². The third kappa shape index (κ3) is 3.19. The summed E-state index contributed by atoms with van der Waals surface area (Å²) in [7, 11) is 0. The minimum atomic E-state index is -0.327. The molecule has 0 aliphatic carbocycles. The summed E-state index contributed by atoms with van der Waals surface area (Å²) in [6, 6.07) is 10.9. The highest BCUT2D eigenvalue weighted by molar-refractivity contribution is 9.10. The van der Waals surface area contributed by atoms with Crippen LogP contribution in [0.5, 0.6) is 0 Å². The number of halogens is 3. The van der Waals surface area contributed by atoms with Gasteiger partial charge in [0.05, 0.1) is 5.02 Å². The van der Waals surface area contributed by atoms with Gasteiger partial charge in [0.2, 0.25) is 0 Å². The van der Waals surface area contributed by atoms with Crippen LogP contribution in [0.4, 0.5) is 10.1 Å². The SMILES string of the molecule is CCN(C(=O)c1ccc(Cl)c(Br)c1)c1ccc(F)cc1. The first kappa shape index (κ1) is 15.0. The minimum Gasteiger partial charge on any atom is -0.309 e. The summed E-state index contributed by atoms with van der Waals surface area (Å²) in [5.41, 5.74) is 1.18. The third-order valence-electron chi connectivity index (χ3n) is 2.87. The summed E-state index contributed by atoms with van der Waals surface area (Å²) in [6.45, 7) is 2.36. The number of benzene rings is 2. The van der Waals surface area contributed by atoms with Crippen molar-refractivity contribution in [1.82, 2.24) is 0 Å². The molecular weight excluding hydrogens is 345 g/mol. The van der Waals surface area contributed by atoms with Crippen LogP contribution in [0.15, 0.2) is 46.9 Å². The Hall–Kier alpha value is -1.39. The Morgan fingerprint density at radius 3 is 2.45 bits per heavy atom. The van der Waals surface area contributed by atoms with Crippen molar-refractivity contribution in [2.45, 2.75) is 6.92 Å². The van der Waals surface area contributed by atoms with Crippen LogP contribution in [0.25, 0.3) is 0 Å². The van der Waals surface area contributed by atoms with E-state index in [4.69, 9.17) is 11.6 Å². The molecule has 5 heteroatoms. The molecule has 2 nitrogen and oxygen atoms in total. The molecule has 0 aromatic heterocycles. The van der Waals surface area contributed by atoms with Crippen molar-refractivity contribution in [3.63, 3.8) is 0 Å². The maximum Gasteiger partial charge on any atom is 0.258 e. The molecule has 0 saturated heterocycles. The van der Waals surface area contributed by atoms with E-state index in [2.05, 4.69) is 15.9 Å². The van der Waals surface area contributed by atoms with Gasteiger partial charge in [0.1, 0.15) is 5.82 Å². The maximum absolute atomic E-state index is 13.0. The molecule has 1 amide bonds. The second-order valence-electron chi connectivity index (χ2n) is 4.15. The molecule has 2 aromatic rings. The largest absolute Gasteiger partial charge is 0.309 e. The lowest BCUT2D eigenvalue weighted by Crippen LogP contribution is -2.30. The van der Waals surface area contributed by atoms with Crippen LogP contribution in [-0.4, -0.2) is 12.5 Å². The van der Waals surface area contributed by atoms with Gasteiger partial charge in [-0.1, -0.05) is 11.6 Å². The Labute approximate surface area is 130 Å². The number of rotatable bonds is 3. The van der Waals surface area contributed by atoms with E-state index < -0.39 is 0 Å². The molecule has 0 N–H and O–H groups in total. The quantitative estimate of drug-likeness (QED) is 0.765. The zero-order valence-corrected chi connectivity index (χ0v) is 13.1. The first-order valence-electron chi connectivity index (χ1n) is 6.05. The zero-order chi connectivity index (χ0) is 14.7. The van der Waals surface area contributed by atoms with E-state index >= 15 is 0 Å². The molecule has 0 saturated carbocycles. The number of carbonyl (C=O) groups excluding carboxylic acids is 1. The Kier molecular flexibility index (Phi) is 4.78. The summed E-state index contributed by atoms with van der Waals surface area (Å²) in [4.78, 5) is 14.1. The Morgan fingerprint density at radius 1 is 1.25 bits per heavy atom. The van der Waals surface area contributed by atoms with E-state index in [9.17, 15) is 9.18 Å². The van der Waals surface area contributed by atoms with Crippen LogP contribution in [0.2, 0.25) is 5.02 Å². The molecule has 0 bridgehead atoms. The highest BCUT2D eigenvalue weighted by Gasteiger charge is 2.16. The summed E-state index contributed by atoms with van der Waals surface area (Å²) in [5.74, 6) is -0.483. The molecule has 0 fully saturated rings. The standard InChI is InChI=1S/C15H12BrClFNO/c1-2-19(12-6-4-11(18)5-7-12)15(20)10-3-8-14(17)13(16)9-10/h3-9H,2H2,1H3. The van der Waals surface area contributed by atoms with Gasteiger partial charge < -0.3 is 4.90 Å². The van der Waals surface area contributed by atoms with E-state index in [0.29, 0.717) is 27.3 Å². The second-order valence-corrected chi connectivity index (χ2v) is 5.42. The number of nitrogens with zero attached hydrogens (tertiary/aromatic N) is 1. The Bertz CT molecular complexity index is 630. The van der Waals surface area contributed by atoms with Crippen LogP contribution in [0.3, 0.4) is 0 Å². The maximum atomic E-state index is 13.0. The predicted molar refractivity (Wildman–Crippen MR) is 82.9 cm³/mol. The monoisotopic (exact) mass is 355 g/mol. The van der Waals surface area contributed by atoms with Gasteiger partial charge in [-0.25, -0.2) is 4.39 Å².